The van der Waals surface area contributed by atoms with Crippen molar-refractivity contribution in [2.75, 3.05) is 20.2 Å². The minimum atomic E-state index is -1.13. The molecule has 0 spiro atoms. The first kappa shape index (κ1) is 18.9. The summed E-state index contributed by atoms with van der Waals surface area (Å²) in [6.07, 6.45) is 0. The van der Waals surface area contributed by atoms with E-state index in [-0.39, 0.29) is 6.54 Å². The first-order valence-corrected chi connectivity index (χ1v) is 8.39. The van der Waals surface area contributed by atoms with Gasteiger partial charge in [0, 0.05) is 12.1 Å². The van der Waals surface area contributed by atoms with E-state index in [4.69, 9.17) is 9.15 Å². The molecule has 1 unspecified atom stereocenters. The number of nitrogens with one attached hydrogen (secondary N) is 2. The first-order valence-electron chi connectivity index (χ1n) is 8.39. The summed E-state index contributed by atoms with van der Waals surface area (Å²) >= 11 is 0. The zero-order valence-electron chi connectivity index (χ0n) is 15.3. The van der Waals surface area contributed by atoms with Crippen LogP contribution in [0.5, 0.6) is 5.75 Å². The van der Waals surface area contributed by atoms with Crippen molar-refractivity contribution in [2.45, 2.75) is 32.9 Å². The van der Waals surface area contributed by atoms with E-state index in [0.717, 1.165) is 23.6 Å². The number of para-hydroxylation sites is 1. The standard InChI is InChI=1S/C19H27N3O3/c1-5-20-18(21-12-15-8-6-7-9-16(15)24-4)22-13-19(3,23)17-11-10-14(2)25-17/h6-11,23H,5,12-13H2,1-4H3,(H2,20,21,22). The van der Waals surface area contributed by atoms with Crippen LogP contribution in [0.4, 0.5) is 0 Å². The minimum absolute atomic E-state index is 0.276. The second-order valence-corrected chi connectivity index (χ2v) is 6.04. The van der Waals surface area contributed by atoms with Crippen molar-refractivity contribution >= 4 is 5.96 Å². The highest BCUT2D eigenvalue weighted by Crippen LogP contribution is 2.22. The van der Waals surface area contributed by atoms with Crippen molar-refractivity contribution < 1.29 is 14.3 Å². The lowest BCUT2D eigenvalue weighted by atomic mass is 10.0. The Hall–Kier alpha value is -2.47. The van der Waals surface area contributed by atoms with Gasteiger partial charge in [0.25, 0.3) is 0 Å². The van der Waals surface area contributed by atoms with Crippen molar-refractivity contribution in [3.63, 3.8) is 0 Å². The molecule has 0 radical (unpaired) electrons. The molecule has 0 bridgehead atoms. The van der Waals surface area contributed by atoms with Crippen molar-refractivity contribution in [2.24, 2.45) is 4.99 Å². The second-order valence-electron chi connectivity index (χ2n) is 6.04. The number of benzene rings is 1. The van der Waals surface area contributed by atoms with E-state index in [9.17, 15) is 5.11 Å². The van der Waals surface area contributed by atoms with Crippen molar-refractivity contribution in [1.82, 2.24) is 10.6 Å². The summed E-state index contributed by atoms with van der Waals surface area (Å²) in [5.74, 6) is 2.72. The van der Waals surface area contributed by atoms with Crippen LogP contribution in [0.3, 0.4) is 0 Å². The quantitative estimate of drug-likeness (QED) is 0.531. The van der Waals surface area contributed by atoms with E-state index >= 15 is 0 Å². The number of methoxy groups -OCH3 is 1. The monoisotopic (exact) mass is 345 g/mol. The molecule has 136 valence electrons. The average molecular weight is 345 g/mol. The van der Waals surface area contributed by atoms with E-state index in [1.54, 1.807) is 20.1 Å². The van der Waals surface area contributed by atoms with Crippen LogP contribution in [-0.2, 0) is 12.1 Å². The van der Waals surface area contributed by atoms with Gasteiger partial charge in [-0.3, -0.25) is 0 Å². The molecule has 1 heterocycles. The highest BCUT2D eigenvalue weighted by Gasteiger charge is 2.27. The molecule has 25 heavy (non-hydrogen) atoms. The number of aliphatic hydroxyl groups is 1. The van der Waals surface area contributed by atoms with Gasteiger partial charge in [0.2, 0.25) is 0 Å². The third-order valence-electron chi connectivity index (χ3n) is 3.82. The van der Waals surface area contributed by atoms with E-state index in [2.05, 4.69) is 15.6 Å². The van der Waals surface area contributed by atoms with E-state index in [0.29, 0.717) is 18.3 Å². The van der Waals surface area contributed by atoms with Gasteiger partial charge in [-0.1, -0.05) is 18.2 Å². The van der Waals surface area contributed by atoms with Crippen LogP contribution in [0.1, 0.15) is 30.9 Å². The van der Waals surface area contributed by atoms with Crippen molar-refractivity contribution in [1.29, 1.82) is 0 Å². The maximum absolute atomic E-state index is 10.6. The summed E-state index contributed by atoms with van der Waals surface area (Å²) in [4.78, 5) is 4.57. The average Bonchev–Trinajstić information content (AvgIpc) is 3.05. The Morgan fingerprint density at radius 2 is 2.00 bits per heavy atom. The fourth-order valence-electron chi connectivity index (χ4n) is 2.41. The number of rotatable bonds is 7. The molecule has 3 N–H and O–H groups in total. The van der Waals surface area contributed by atoms with E-state index < -0.39 is 5.60 Å². The van der Waals surface area contributed by atoms with Gasteiger partial charge in [0.15, 0.2) is 5.96 Å². The van der Waals surface area contributed by atoms with Crippen LogP contribution >= 0.6 is 0 Å². The highest BCUT2D eigenvalue weighted by atomic mass is 16.5. The van der Waals surface area contributed by atoms with Gasteiger partial charge in [-0.25, -0.2) is 4.99 Å². The Morgan fingerprint density at radius 1 is 1.24 bits per heavy atom. The largest absolute Gasteiger partial charge is 0.496 e. The van der Waals surface area contributed by atoms with Gasteiger partial charge in [-0.05, 0) is 39.0 Å². The van der Waals surface area contributed by atoms with Crippen LogP contribution in [0, 0.1) is 6.92 Å². The minimum Gasteiger partial charge on any atom is -0.496 e. The number of hydrogen-bond donors (Lipinski definition) is 3. The molecule has 1 aromatic heterocycles. The Kier molecular flexibility index (Phi) is 6.47. The lowest BCUT2D eigenvalue weighted by Crippen LogP contribution is -2.44. The molecule has 1 aromatic carbocycles. The topological polar surface area (TPSA) is 79.0 Å². The van der Waals surface area contributed by atoms with Crippen LogP contribution in [-0.4, -0.2) is 31.3 Å². The number of hydrogen-bond acceptors (Lipinski definition) is 4. The predicted octanol–water partition coefficient (Wildman–Crippen LogP) is 2.56. The second kappa shape index (κ2) is 8.58. The molecular formula is C19H27N3O3. The SMILES string of the molecule is CCNC(=NCc1ccccc1OC)NCC(C)(O)c1ccc(C)o1. The third-order valence-corrected chi connectivity index (χ3v) is 3.82. The van der Waals surface area contributed by atoms with Gasteiger partial charge in [-0.2, -0.15) is 0 Å². The van der Waals surface area contributed by atoms with Gasteiger partial charge in [0.1, 0.15) is 22.9 Å². The van der Waals surface area contributed by atoms with Crippen molar-refractivity contribution in [3.8, 4) is 5.75 Å². The van der Waals surface area contributed by atoms with E-state index in [1.165, 1.54) is 0 Å². The normalized spacial score (nSPS) is 14.0. The summed E-state index contributed by atoms with van der Waals surface area (Å²) in [7, 11) is 1.65. The summed E-state index contributed by atoms with van der Waals surface area (Å²) in [6.45, 7) is 7.03. The van der Waals surface area contributed by atoms with Crippen LogP contribution in [0.2, 0.25) is 0 Å². The fourth-order valence-corrected chi connectivity index (χ4v) is 2.41. The Balaban J connectivity index is 2.04. The molecule has 0 amide bonds. The summed E-state index contributed by atoms with van der Waals surface area (Å²) in [6, 6.07) is 11.4. The molecule has 0 aliphatic heterocycles. The summed E-state index contributed by atoms with van der Waals surface area (Å²) in [5, 5.41) is 17.0. The molecule has 0 aliphatic rings. The molecule has 6 nitrogen and oxygen atoms in total. The fraction of sp³-hybridized carbons (Fsp3) is 0.421. The smallest absolute Gasteiger partial charge is 0.191 e. The zero-order chi connectivity index (χ0) is 18.3. The number of furan rings is 1. The number of guanidine groups is 1. The van der Waals surface area contributed by atoms with Crippen LogP contribution < -0.4 is 15.4 Å². The Labute approximate surface area is 148 Å². The lowest BCUT2D eigenvalue weighted by Gasteiger charge is -2.23. The maximum atomic E-state index is 10.6. The molecule has 0 aliphatic carbocycles. The molecule has 2 aromatic rings. The van der Waals surface area contributed by atoms with Gasteiger partial charge in [0.05, 0.1) is 20.2 Å². The summed E-state index contributed by atoms with van der Waals surface area (Å²) in [5.41, 5.74) is -0.134. The molecule has 0 saturated carbocycles. The highest BCUT2D eigenvalue weighted by molar-refractivity contribution is 5.79. The molecule has 1 atom stereocenters. The number of aliphatic imine (C=N–C) groups is 1. The van der Waals surface area contributed by atoms with E-state index in [1.807, 2.05) is 44.2 Å². The van der Waals surface area contributed by atoms with Gasteiger partial charge in [-0.15, -0.1) is 0 Å². The molecule has 6 heteroatoms. The molecular weight excluding hydrogens is 318 g/mol. The van der Waals surface area contributed by atoms with Crippen LogP contribution in [0.25, 0.3) is 0 Å². The number of ether oxygens (including phenoxy) is 1. The van der Waals surface area contributed by atoms with Gasteiger partial charge >= 0.3 is 0 Å². The lowest BCUT2D eigenvalue weighted by molar-refractivity contribution is 0.0378. The first-order chi connectivity index (χ1) is 12.0. The molecule has 2 rings (SSSR count). The third kappa shape index (κ3) is 5.26. The maximum Gasteiger partial charge on any atom is 0.191 e. The molecule has 0 fully saturated rings. The Bertz CT molecular complexity index is 707. The number of nitrogens with zero attached hydrogens (tertiary/aromatic N) is 1. The van der Waals surface area contributed by atoms with Gasteiger partial charge < -0.3 is 24.9 Å². The Morgan fingerprint density at radius 3 is 2.64 bits per heavy atom. The van der Waals surface area contributed by atoms with Crippen molar-refractivity contribution in [3.05, 3.63) is 53.5 Å². The predicted molar refractivity (Wildman–Crippen MR) is 98.8 cm³/mol. The summed E-state index contributed by atoms with van der Waals surface area (Å²) < 4.78 is 10.9. The zero-order valence-corrected chi connectivity index (χ0v) is 15.3. The van der Waals surface area contributed by atoms with Crippen LogP contribution in [0.15, 0.2) is 45.8 Å². The number of aryl methyl sites for hydroxylation is 1. The molecule has 0 saturated heterocycles.